The van der Waals surface area contributed by atoms with Gasteiger partial charge < -0.3 is 10.2 Å². The monoisotopic (exact) mass is 597 g/mol. The number of nitrogens with one attached hydrogen (secondary N) is 1. The van der Waals surface area contributed by atoms with Gasteiger partial charge in [-0.2, -0.15) is 0 Å². The molecule has 1 unspecified atom stereocenters. The average Bonchev–Trinajstić information content (AvgIpc) is 3.00. The van der Waals surface area contributed by atoms with E-state index in [0.29, 0.717) is 11.3 Å². The molecule has 1 atom stereocenters. The lowest BCUT2D eigenvalue weighted by Gasteiger charge is -2.34. The molecule has 0 saturated heterocycles. The first-order valence-electron chi connectivity index (χ1n) is 14.3. The minimum atomic E-state index is -4.14. The van der Waals surface area contributed by atoms with Gasteiger partial charge in [0.1, 0.15) is 12.6 Å². The number of hydrogen-bond donors (Lipinski definition) is 1. The zero-order chi connectivity index (χ0) is 31.1. The lowest BCUT2D eigenvalue weighted by atomic mass is 10.0. The van der Waals surface area contributed by atoms with Gasteiger partial charge in [-0.1, -0.05) is 84.4 Å². The molecule has 0 aliphatic carbocycles. The van der Waals surface area contributed by atoms with Gasteiger partial charge in [-0.05, 0) is 73.7 Å². The molecule has 0 aromatic heterocycles. The van der Waals surface area contributed by atoms with Crippen molar-refractivity contribution in [2.24, 2.45) is 0 Å². The van der Waals surface area contributed by atoms with Crippen LogP contribution in [-0.4, -0.2) is 44.8 Å². The molecule has 4 rings (SSSR count). The molecule has 7 nitrogen and oxygen atoms in total. The molecule has 0 aliphatic rings. The van der Waals surface area contributed by atoms with E-state index in [9.17, 15) is 18.0 Å². The molecule has 1 N–H and O–H groups in total. The molecule has 0 spiro atoms. The second-order valence-corrected chi connectivity index (χ2v) is 12.7. The lowest BCUT2D eigenvalue weighted by Crippen LogP contribution is -2.53. The molecule has 2 amide bonds. The first-order valence-corrected chi connectivity index (χ1v) is 15.7. The van der Waals surface area contributed by atoms with E-state index in [2.05, 4.69) is 5.32 Å². The van der Waals surface area contributed by atoms with Crippen molar-refractivity contribution in [3.8, 4) is 0 Å². The van der Waals surface area contributed by atoms with Gasteiger partial charge in [0.2, 0.25) is 11.8 Å². The maximum absolute atomic E-state index is 14.5. The van der Waals surface area contributed by atoms with E-state index >= 15 is 0 Å². The molecule has 0 fully saturated rings. The third kappa shape index (κ3) is 7.51. The molecule has 0 heterocycles. The number of sulfonamides is 1. The van der Waals surface area contributed by atoms with Crippen molar-refractivity contribution in [2.75, 3.05) is 17.9 Å². The number of anilines is 1. The Bertz CT molecular complexity index is 1690. The Labute approximate surface area is 255 Å². The van der Waals surface area contributed by atoms with Crippen molar-refractivity contribution < 1.29 is 18.0 Å². The van der Waals surface area contributed by atoms with Crippen molar-refractivity contribution in [1.29, 1.82) is 0 Å². The van der Waals surface area contributed by atoms with E-state index in [1.807, 2.05) is 94.4 Å². The van der Waals surface area contributed by atoms with Crippen molar-refractivity contribution in [3.05, 3.63) is 130 Å². The van der Waals surface area contributed by atoms with Crippen molar-refractivity contribution in [2.45, 2.75) is 51.6 Å². The highest BCUT2D eigenvalue weighted by Gasteiger charge is 2.35. The number of amides is 2. The van der Waals surface area contributed by atoms with Crippen LogP contribution in [-0.2, 0) is 32.6 Å². The van der Waals surface area contributed by atoms with Crippen molar-refractivity contribution in [3.63, 3.8) is 0 Å². The van der Waals surface area contributed by atoms with Gasteiger partial charge in [0.25, 0.3) is 10.0 Å². The lowest BCUT2D eigenvalue weighted by molar-refractivity contribution is -0.139. The fraction of sp³-hybridized carbons (Fsp3) is 0.257. The highest BCUT2D eigenvalue weighted by molar-refractivity contribution is 7.92. The summed E-state index contributed by atoms with van der Waals surface area (Å²) in [6.07, 6.45) is 0.270. The molecule has 224 valence electrons. The van der Waals surface area contributed by atoms with Crippen LogP contribution >= 0.6 is 0 Å². The summed E-state index contributed by atoms with van der Waals surface area (Å²) in [7, 11) is -2.60. The molecule has 4 aromatic carbocycles. The van der Waals surface area contributed by atoms with Crippen LogP contribution in [0.25, 0.3) is 0 Å². The maximum atomic E-state index is 14.5. The van der Waals surface area contributed by atoms with Gasteiger partial charge in [-0.25, -0.2) is 8.42 Å². The van der Waals surface area contributed by atoms with Gasteiger partial charge in [-0.3, -0.25) is 13.9 Å². The van der Waals surface area contributed by atoms with Crippen LogP contribution < -0.4 is 9.62 Å². The minimum Gasteiger partial charge on any atom is -0.357 e. The number of hydrogen-bond acceptors (Lipinski definition) is 4. The van der Waals surface area contributed by atoms with Gasteiger partial charge in [0.15, 0.2) is 0 Å². The molecule has 0 bridgehead atoms. The SMILES string of the molecule is CNC(=O)C(Cc1ccccc1)N(Cc1ccccc1C)C(=O)CN(c1cc(C)ccc1C)S(=O)(=O)c1ccc(C)cc1. The van der Waals surface area contributed by atoms with Crippen LogP contribution in [0, 0.1) is 27.7 Å². The van der Waals surface area contributed by atoms with Crippen LogP contribution in [0.1, 0.15) is 33.4 Å². The molecule has 0 saturated carbocycles. The summed E-state index contributed by atoms with van der Waals surface area (Å²) >= 11 is 0. The quantitative estimate of drug-likeness (QED) is 0.247. The number of carbonyl (C=O) groups excluding carboxylic acids is 2. The van der Waals surface area contributed by atoms with Crippen LogP contribution in [0.2, 0.25) is 0 Å². The number of nitrogens with zero attached hydrogens (tertiary/aromatic N) is 2. The number of carbonyl (C=O) groups is 2. The van der Waals surface area contributed by atoms with E-state index < -0.39 is 28.5 Å². The normalized spacial score (nSPS) is 11.9. The molecular formula is C35H39N3O4S. The fourth-order valence-corrected chi connectivity index (χ4v) is 6.50. The predicted molar refractivity (Wildman–Crippen MR) is 171 cm³/mol. The predicted octanol–water partition coefficient (Wildman–Crippen LogP) is 5.50. The third-order valence-corrected chi connectivity index (χ3v) is 9.41. The Hall–Kier alpha value is -4.43. The zero-order valence-corrected chi connectivity index (χ0v) is 26.2. The number of benzene rings is 4. The first-order chi connectivity index (χ1) is 20.5. The van der Waals surface area contributed by atoms with Crippen LogP contribution in [0.5, 0.6) is 0 Å². The summed E-state index contributed by atoms with van der Waals surface area (Å²) in [5.74, 6) is -0.810. The van der Waals surface area contributed by atoms with E-state index in [-0.39, 0.29) is 23.8 Å². The zero-order valence-electron chi connectivity index (χ0n) is 25.4. The fourth-order valence-electron chi connectivity index (χ4n) is 5.03. The van der Waals surface area contributed by atoms with Gasteiger partial charge in [0, 0.05) is 20.0 Å². The summed E-state index contributed by atoms with van der Waals surface area (Å²) in [5, 5.41) is 2.72. The summed E-state index contributed by atoms with van der Waals surface area (Å²) in [6, 6.07) is 28.4. The maximum Gasteiger partial charge on any atom is 0.264 e. The van der Waals surface area contributed by atoms with E-state index in [1.165, 1.54) is 9.21 Å². The van der Waals surface area contributed by atoms with Crippen molar-refractivity contribution in [1.82, 2.24) is 10.2 Å². The number of rotatable bonds is 11. The Morgan fingerprint density at radius 1 is 0.767 bits per heavy atom. The second-order valence-electron chi connectivity index (χ2n) is 10.9. The van der Waals surface area contributed by atoms with Gasteiger partial charge in [0.05, 0.1) is 10.6 Å². The van der Waals surface area contributed by atoms with Crippen LogP contribution in [0.3, 0.4) is 0 Å². The Morgan fingerprint density at radius 2 is 1.40 bits per heavy atom. The number of aryl methyl sites for hydroxylation is 4. The van der Waals surface area contributed by atoms with E-state index in [4.69, 9.17) is 0 Å². The van der Waals surface area contributed by atoms with E-state index in [0.717, 1.165) is 27.8 Å². The highest BCUT2D eigenvalue weighted by Crippen LogP contribution is 2.29. The van der Waals surface area contributed by atoms with Gasteiger partial charge >= 0.3 is 0 Å². The summed E-state index contributed by atoms with van der Waals surface area (Å²) in [6.45, 7) is 7.21. The van der Waals surface area contributed by atoms with Crippen LogP contribution in [0.4, 0.5) is 5.69 Å². The van der Waals surface area contributed by atoms with Crippen molar-refractivity contribution >= 4 is 27.5 Å². The largest absolute Gasteiger partial charge is 0.357 e. The second kappa shape index (κ2) is 13.7. The Balaban J connectivity index is 1.83. The smallest absolute Gasteiger partial charge is 0.264 e. The molecule has 4 aromatic rings. The van der Waals surface area contributed by atoms with E-state index in [1.54, 1.807) is 37.4 Å². The summed E-state index contributed by atoms with van der Waals surface area (Å²) < 4.78 is 29.6. The topological polar surface area (TPSA) is 86.8 Å². The third-order valence-electron chi connectivity index (χ3n) is 7.64. The molecular weight excluding hydrogens is 558 g/mol. The Morgan fingerprint density at radius 3 is 2.05 bits per heavy atom. The molecule has 43 heavy (non-hydrogen) atoms. The summed E-state index contributed by atoms with van der Waals surface area (Å²) in [4.78, 5) is 29.5. The van der Waals surface area contributed by atoms with Crippen LogP contribution in [0.15, 0.2) is 102 Å². The number of likely N-dealkylation sites (N-methyl/N-ethyl adjacent to an activating group) is 1. The Kier molecular flexibility index (Phi) is 10.0. The highest BCUT2D eigenvalue weighted by atomic mass is 32.2. The molecule has 0 aliphatic heterocycles. The molecule has 8 heteroatoms. The summed E-state index contributed by atoms with van der Waals surface area (Å²) in [5.41, 5.74) is 5.65. The molecule has 0 radical (unpaired) electrons. The standard InChI is InChI=1S/C35H39N3O4S/c1-25-16-19-31(20-17-25)43(41,42)38(32-21-26(2)15-18-28(32)4)24-34(39)37(23-30-14-10-9-11-27(30)3)33(35(40)36-5)22-29-12-7-6-8-13-29/h6-21,33H,22-24H2,1-5H3,(H,36,40). The average molecular weight is 598 g/mol. The van der Waals surface area contributed by atoms with Gasteiger partial charge in [-0.15, -0.1) is 0 Å². The minimum absolute atomic E-state index is 0.0874. The first kappa shape index (κ1) is 31.5.